The molecular formula is C23H26N6O5S. The molecule has 1 amide bonds. The van der Waals surface area contributed by atoms with Gasteiger partial charge in [-0.2, -0.15) is 4.37 Å². The van der Waals surface area contributed by atoms with Crippen molar-refractivity contribution < 1.29 is 19.4 Å². The summed E-state index contributed by atoms with van der Waals surface area (Å²) in [5, 5.41) is 13.2. The van der Waals surface area contributed by atoms with E-state index in [0.717, 1.165) is 31.0 Å². The molecule has 2 aliphatic rings. The minimum Gasteiger partial charge on any atom is -0.477 e. The van der Waals surface area contributed by atoms with Crippen LogP contribution in [-0.2, 0) is 9.53 Å². The van der Waals surface area contributed by atoms with Crippen molar-refractivity contribution in [2.75, 3.05) is 31.1 Å². The molecule has 3 aromatic rings. The molecule has 11 nitrogen and oxygen atoms in total. The molecule has 5 heterocycles. The summed E-state index contributed by atoms with van der Waals surface area (Å²) in [5.41, 5.74) is -0.0382. The first-order chi connectivity index (χ1) is 16.8. The second kappa shape index (κ2) is 9.34. The third-order valence-corrected chi connectivity index (χ3v) is 7.27. The number of ether oxygens (including phenoxy) is 1. The molecule has 2 aliphatic heterocycles. The van der Waals surface area contributed by atoms with Gasteiger partial charge in [0.25, 0.3) is 0 Å². The molecule has 0 bridgehead atoms. The number of nitrogens with one attached hydrogen (secondary N) is 1. The van der Waals surface area contributed by atoms with Crippen LogP contribution in [0, 0.1) is 18.8 Å². The molecule has 0 aliphatic carbocycles. The zero-order valence-corrected chi connectivity index (χ0v) is 20.2. The molecule has 35 heavy (non-hydrogen) atoms. The Bertz CT molecular complexity index is 1330. The van der Waals surface area contributed by atoms with E-state index in [1.165, 1.54) is 17.1 Å². The lowest BCUT2D eigenvalue weighted by Gasteiger charge is -2.39. The first-order valence-corrected chi connectivity index (χ1v) is 12.3. The number of hydrogen-bond acceptors (Lipinski definition) is 9. The van der Waals surface area contributed by atoms with Gasteiger partial charge in [-0.3, -0.25) is 14.2 Å². The summed E-state index contributed by atoms with van der Waals surface area (Å²) in [7, 11) is 0. The molecule has 2 unspecified atom stereocenters. The Morgan fingerprint density at radius 3 is 2.77 bits per heavy atom. The first kappa shape index (κ1) is 23.4. The van der Waals surface area contributed by atoms with Crippen molar-refractivity contribution in [3.63, 3.8) is 0 Å². The van der Waals surface area contributed by atoms with Gasteiger partial charge in [0.2, 0.25) is 16.5 Å². The first-order valence-electron chi connectivity index (χ1n) is 11.5. The number of rotatable bonds is 6. The summed E-state index contributed by atoms with van der Waals surface area (Å²) in [6, 6.07) is 1.75. The number of carbonyl (C=O) groups excluding carboxylic acids is 1. The van der Waals surface area contributed by atoms with Gasteiger partial charge < -0.3 is 20.1 Å². The van der Waals surface area contributed by atoms with Crippen LogP contribution in [0.5, 0.6) is 0 Å². The van der Waals surface area contributed by atoms with Crippen molar-refractivity contribution in [2.24, 2.45) is 11.8 Å². The maximum atomic E-state index is 12.9. The van der Waals surface area contributed by atoms with Gasteiger partial charge in [-0.1, -0.05) is 6.92 Å². The molecule has 12 heteroatoms. The van der Waals surface area contributed by atoms with E-state index in [1.54, 1.807) is 13.0 Å². The fraction of sp³-hybridized carbons (Fsp3) is 0.478. The minimum atomic E-state index is -1.32. The third-order valence-electron chi connectivity index (χ3n) is 6.61. The van der Waals surface area contributed by atoms with E-state index in [4.69, 9.17) is 4.74 Å². The van der Waals surface area contributed by atoms with Crippen LogP contribution < -0.4 is 15.6 Å². The summed E-state index contributed by atoms with van der Waals surface area (Å²) < 4.78 is 11.3. The zero-order chi connectivity index (χ0) is 24.7. The molecule has 2 fully saturated rings. The quantitative estimate of drug-likeness (QED) is 0.519. The van der Waals surface area contributed by atoms with Crippen LogP contribution in [-0.4, -0.2) is 68.2 Å². The number of nitrogens with zero attached hydrogens (tertiary/aromatic N) is 5. The molecule has 2 atom stereocenters. The fourth-order valence-electron chi connectivity index (χ4n) is 4.50. The predicted molar refractivity (Wildman–Crippen MR) is 129 cm³/mol. The van der Waals surface area contributed by atoms with E-state index in [9.17, 15) is 19.5 Å². The van der Waals surface area contributed by atoms with Gasteiger partial charge in [-0.25, -0.2) is 14.8 Å². The number of hydrogen-bond donors (Lipinski definition) is 2. The van der Waals surface area contributed by atoms with Crippen LogP contribution in [0.2, 0.25) is 0 Å². The fourth-order valence-corrected chi connectivity index (χ4v) is 5.01. The number of amides is 1. The van der Waals surface area contributed by atoms with Gasteiger partial charge in [0.1, 0.15) is 17.7 Å². The van der Waals surface area contributed by atoms with Crippen LogP contribution in [0.3, 0.4) is 0 Å². The van der Waals surface area contributed by atoms with Crippen LogP contribution in [0.4, 0.5) is 5.82 Å². The molecule has 5 rings (SSSR count). The zero-order valence-electron chi connectivity index (χ0n) is 19.4. The van der Waals surface area contributed by atoms with Gasteiger partial charge >= 0.3 is 5.97 Å². The number of carboxylic acids is 1. The molecule has 0 radical (unpaired) electrons. The maximum Gasteiger partial charge on any atom is 0.341 e. The highest BCUT2D eigenvalue weighted by molar-refractivity contribution is 7.08. The normalized spacial score (nSPS) is 20.6. The summed E-state index contributed by atoms with van der Waals surface area (Å²) in [6.07, 6.45) is 4.74. The predicted octanol–water partition coefficient (Wildman–Crippen LogP) is 1.61. The standard InChI is InChI=1S/C23H26N6O5S/c1-12-3-4-15(34-10-12)6-24-21(31)14-7-28(8-14)17-5-13(2)18-19(30)16(22(32)33)9-29(20(18)27-17)23-25-11-26-35-23/h5,9,11-12,14-15H,3-4,6-8,10H2,1-2H3,(H,24,31)(H,32,33). The van der Waals surface area contributed by atoms with Crippen LogP contribution in [0.15, 0.2) is 23.4 Å². The maximum absolute atomic E-state index is 12.9. The summed E-state index contributed by atoms with van der Waals surface area (Å²) >= 11 is 1.07. The Morgan fingerprint density at radius 1 is 1.31 bits per heavy atom. The highest BCUT2D eigenvalue weighted by atomic mass is 32.1. The largest absolute Gasteiger partial charge is 0.477 e. The van der Waals surface area contributed by atoms with Crippen molar-refractivity contribution in [1.29, 1.82) is 0 Å². The number of carboxylic acid groups (broad SMARTS) is 1. The van der Waals surface area contributed by atoms with Crippen molar-refractivity contribution in [3.05, 3.63) is 39.9 Å². The van der Waals surface area contributed by atoms with Crippen molar-refractivity contribution in [2.45, 2.75) is 32.8 Å². The summed E-state index contributed by atoms with van der Waals surface area (Å²) in [5.74, 6) is -0.292. The van der Waals surface area contributed by atoms with E-state index in [2.05, 4.69) is 26.6 Å². The van der Waals surface area contributed by atoms with E-state index in [0.29, 0.717) is 47.7 Å². The Hall–Kier alpha value is -3.38. The number of fused-ring (bicyclic) bond motifs is 1. The van der Waals surface area contributed by atoms with Gasteiger partial charge in [-0.15, -0.1) is 0 Å². The van der Waals surface area contributed by atoms with Gasteiger partial charge in [0, 0.05) is 44.0 Å². The molecule has 2 saturated heterocycles. The number of aryl methyl sites for hydroxylation is 1. The average molecular weight is 499 g/mol. The van der Waals surface area contributed by atoms with E-state index < -0.39 is 11.4 Å². The summed E-state index contributed by atoms with van der Waals surface area (Å²) in [4.78, 5) is 48.0. The average Bonchev–Trinajstić information content (AvgIpc) is 3.32. The highest BCUT2D eigenvalue weighted by Gasteiger charge is 2.34. The Kier molecular flexibility index (Phi) is 6.24. The SMILES string of the molecule is Cc1cc(N2CC(C(=O)NCC3CCC(C)CO3)C2)nc2c1c(=O)c(C(=O)O)cn2-c1ncns1. The van der Waals surface area contributed by atoms with Crippen LogP contribution in [0.25, 0.3) is 16.2 Å². The van der Waals surface area contributed by atoms with Crippen molar-refractivity contribution in [3.8, 4) is 5.13 Å². The number of pyridine rings is 2. The van der Waals surface area contributed by atoms with E-state index in [1.807, 2.05) is 4.90 Å². The number of anilines is 1. The smallest absolute Gasteiger partial charge is 0.341 e. The van der Waals surface area contributed by atoms with Gasteiger partial charge in [-0.05, 0) is 37.3 Å². The molecular weight excluding hydrogens is 472 g/mol. The van der Waals surface area contributed by atoms with Gasteiger partial charge in [0.05, 0.1) is 17.4 Å². The van der Waals surface area contributed by atoms with Crippen LogP contribution in [0.1, 0.15) is 35.7 Å². The molecule has 2 N–H and O–H groups in total. The van der Waals surface area contributed by atoms with Crippen molar-refractivity contribution >= 4 is 40.3 Å². The summed E-state index contributed by atoms with van der Waals surface area (Å²) in [6.45, 7) is 6.18. The topological polar surface area (TPSA) is 140 Å². The molecule has 3 aromatic heterocycles. The Morgan fingerprint density at radius 2 is 2.11 bits per heavy atom. The van der Waals surface area contributed by atoms with Gasteiger partial charge in [0.15, 0.2) is 5.65 Å². The number of aromatic carboxylic acids is 1. The van der Waals surface area contributed by atoms with Crippen LogP contribution >= 0.6 is 11.5 Å². The van der Waals surface area contributed by atoms with E-state index in [-0.39, 0.29) is 28.9 Å². The van der Waals surface area contributed by atoms with Crippen molar-refractivity contribution in [1.82, 2.24) is 24.2 Å². The molecule has 0 saturated carbocycles. The minimum absolute atomic E-state index is 0.00199. The highest BCUT2D eigenvalue weighted by Crippen LogP contribution is 2.28. The number of aromatic nitrogens is 4. The lowest BCUT2D eigenvalue weighted by atomic mass is 9.97. The molecule has 0 spiro atoms. The molecule has 184 valence electrons. The lowest BCUT2D eigenvalue weighted by Crippen LogP contribution is -2.55. The Balaban J connectivity index is 1.35. The third kappa shape index (κ3) is 4.50. The van der Waals surface area contributed by atoms with E-state index >= 15 is 0 Å². The monoisotopic (exact) mass is 498 g/mol. The Labute approximate surface area is 204 Å². The second-order valence-corrected chi connectivity index (χ2v) is 10.0. The second-order valence-electron chi connectivity index (χ2n) is 9.25. The number of carbonyl (C=O) groups is 2. The lowest BCUT2D eigenvalue weighted by molar-refractivity contribution is -0.126. The molecule has 0 aromatic carbocycles.